The number of alkyl halides is 1. The van der Waals surface area contributed by atoms with E-state index < -0.39 is 0 Å². The minimum atomic E-state index is 0. The molecular weight excluding hydrogens is 293 g/mol. The number of aromatic nitrogens is 1. The van der Waals surface area contributed by atoms with E-state index in [1.54, 1.807) is 0 Å². The predicted octanol–water partition coefficient (Wildman–Crippen LogP) is 3.26. The number of nitrogen functional groups attached to an aromatic ring is 2. The fourth-order valence-electron chi connectivity index (χ4n) is 2.24. The average molecular weight is 311 g/mol. The molecule has 0 radical (unpaired) electrons. The fraction of sp³-hybridized carbons (Fsp3) is 0.133. The van der Waals surface area contributed by atoms with E-state index in [2.05, 4.69) is 22.2 Å². The van der Waals surface area contributed by atoms with Crippen LogP contribution in [0.15, 0.2) is 42.5 Å². The first-order valence-corrected chi connectivity index (χ1v) is 6.66. The molecule has 3 rings (SSSR count). The smallest absolute Gasteiger partial charge is 0.214 e. The highest BCUT2D eigenvalue weighted by atomic mass is 35.5. The molecule has 0 saturated heterocycles. The summed E-state index contributed by atoms with van der Waals surface area (Å²) in [6, 6.07) is 14.1. The summed E-state index contributed by atoms with van der Waals surface area (Å²) in [5.41, 5.74) is 15.4. The molecule has 0 amide bonds. The molecule has 0 fully saturated rings. The van der Waals surface area contributed by atoms with Gasteiger partial charge in [0.15, 0.2) is 0 Å². The van der Waals surface area contributed by atoms with Crippen molar-refractivity contribution in [2.75, 3.05) is 17.9 Å². The maximum absolute atomic E-state index is 5.83. The summed E-state index contributed by atoms with van der Waals surface area (Å²) < 4.78 is 2.12. The predicted molar refractivity (Wildman–Crippen MR) is 90.5 cm³/mol. The number of hydrogen-bond donors (Lipinski definition) is 2. The van der Waals surface area contributed by atoms with Gasteiger partial charge >= 0.3 is 0 Å². The number of pyridine rings is 1. The molecule has 3 aromatic rings. The number of fused-ring (bicyclic) bond motifs is 2. The number of aryl methyl sites for hydroxylation is 1. The van der Waals surface area contributed by atoms with Crippen molar-refractivity contribution in [3.05, 3.63) is 42.5 Å². The molecule has 1 heterocycles. The standard InChI is InChI=1S/C14H13N3.CH3Cl.ClH/c1-17-13-7-11(15)4-2-9(13)6-10-3-5-12(16)8-14(10)17;1-2;/h2-8H,1H3,(H3,15,16);1H3;1H/p+1. The molecule has 0 atom stereocenters. The first-order valence-electron chi connectivity index (χ1n) is 5.90. The Bertz CT molecular complexity index is 682. The summed E-state index contributed by atoms with van der Waals surface area (Å²) in [6.45, 7) is 0. The van der Waals surface area contributed by atoms with E-state index in [1.807, 2.05) is 43.4 Å². The Labute approximate surface area is 129 Å². The molecule has 0 saturated carbocycles. The van der Waals surface area contributed by atoms with Crippen molar-refractivity contribution in [1.29, 1.82) is 0 Å². The zero-order valence-corrected chi connectivity index (χ0v) is 13.0. The van der Waals surface area contributed by atoms with Gasteiger partial charge in [-0.15, -0.1) is 24.0 Å². The molecule has 0 bridgehead atoms. The number of nitrogens with two attached hydrogens (primary N) is 2. The van der Waals surface area contributed by atoms with E-state index in [9.17, 15) is 0 Å². The molecule has 3 nitrogen and oxygen atoms in total. The largest absolute Gasteiger partial charge is 0.399 e. The summed E-state index contributed by atoms with van der Waals surface area (Å²) >= 11 is 4.64. The molecule has 0 aliphatic rings. The third-order valence-electron chi connectivity index (χ3n) is 3.14. The number of halogens is 2. The van der Waals surface area contributed by atoms with Gasteiger partial charge in [-0.3, -0.25) is 0 Å². The van der Waals surface area contributed by atoms with Gasteiger partial charge in [0, 0.05) is 40.7 Å². The SMILES string of the molecule is CCl.C[n+]1c2cc(N)ccc2cc2ccc(N)cc21.Cl. The van der Waals surface area contributed by atoms with Crippen LogP contribution in [0.5, 0.6) is 0 Å². The minimum Gasteiger partial charge on any atom is -0.399 e. The van der Waals surface area contributed by atoms with Crippen LogP contribution < -0.4 is 16.0 Å². The lowest BCUT2D eigenvalue weighted by atomic mass is 10.1. The van der Waals surface area contributed by atoms with Crippen LogP contribution in [-0.4, -0.2) is 6.38 Å². The quantitative estimate of drug-likeness (QED) is 0.290. The maximum atomic E-state index is 5.83. The molecule has 0 unspecified atom stereocenters. The second kappa shape index (κ2) is 6.64. The number of benzene rings is 2. The third-order valence-corrected chi connectivity index (χ3v) is 3.14. The molecule has 0 aliphatic carbocycles. The topological polar surface area (TPSA) is 55.9 Å². The van der Waals surface area contributed by atoms with Gasteiger partial charge in [-0.1, -0.05) is 0 Å². The van der Waals surface area contributed by atoms with Crippen molar-refractivity contribution in [3.8, 4) is 0 Å². The highest BCUT2D eigenvalue weighted by Crippen LogP contribution is 2.21. The fourth-order valence-corrected chi connectivity index (χ4v) is 2.24. The van der Waals surface area contributed by atoms with E-state index in [4.69, 9.17) is 11.5 Å². The second-order valence-corrected chi connectivity index (χ2v) is 4.34. The minimum absolute atomic E-state index is 0. The normalized spacial score (nSPS) is 9.75. The van der Waals surface area contributed by atoms with Gasteiger partial charge in [-0.25, -0.2) is 0 Å². The Morgan fingerprint density at radius 1 is 0.800 bits per heavy atom. The summed E-state index contributed by atoms with van der Waals surface area (Å²) in [7, 11) is 2.03. The summed E-state index contributed by atoms with van der Waals surface area (Å²) in [6.07, 6.45) is 1.47. The Morgan fingerprint density at radius 3 is 1.60 bits per heavy atom. The zero-order chi connectivity index (χ0) is 14.0. The molecule has 2 aromatic carbocycles. The molecule has 4 N–H and O–H groups in total. The van der Waals surface area contributed by atoms with Gasteiger partial charge in [-0.2, -0.15) is 4.57 Å². The number of rotatable bonds is 0. The van der Waals surface area contributed by atoms with E-state index >= 15 is 0 Å². The maximum Gasteiger partial charge on any atom is 0.214 e. The first kappa shape index (κ1) is 16.3. The molecule has 5 heteroatoms. The van der Waals surface area contributed by atoms with Gasteiger partial charge in [0.2, 0.25) is 11.0 Å². The molecule has 0 spiro atoms. The van der Waals surface area contributed by atoms with E-state index in [0.717, 1.165) is 22.4 Å². The van der Waals surface area contributed by atoms with Crippen LogP contribution in [0, 0.1) is 0 Å². The summed E-state index contributed by atoms with van der Waals surface area (Å²) in [5.74, 6) is 0. The van der Waals surface area contributed by atoms with Crippen LogP contribution in [0.1, 0.15) is 0 Å². The third kappa shape index (κ3) is 2.89. The van der Waals surface area contributed by atoms with Crippen molar-refractivity contribution in [3.63, 3.8) is 0 Å². The molecule has 20 heavy (non-hydrogen) atoms. The van der Waals surface area contributed by atoms with Crippen LogP contribution in [-0.2, 0) is 7.05 Å². The average Bonchev–Trinajstić information content (AvgIpc) is 2.43. The van der Waals surface area contributed by atoms with Gasteiger partial charge < -0.3 is 11.5 Å². The lowest BCUT2D eigenvalue weighted by Gasteiger charge is -2.03. The van der Waals surface area contributed by atoms with E-state index in [1.165, 1.54) is 17.2 Å². The Kier molecular flexibility index (Phi) is 5.43. The van der Waals surface area contributed by atoms with Gasteiger partial charge in [0.05, 0.1) is 0 Å². The van der Waals surface area contributed by atoms with Crippen LogP contribution >= 0.6 is 24.0 Å². The summed E-state index contributed by atoms with van der Waals surface area (Å²) in [4.78, 5) is 0. The molecule has 0 aliphatic heterocycles. The van der Waals surface area contributed by atoms with Crippen LogP contribution in [0.4, 0.5) is 11.4 Å². The van der Waals surface area contributed by atoms with Crippen molar-refractivity contribution in [1.82, 2.24) is 0 Å². The van der Waals surface area contributed by atoms with Gasteiger partial charge in [0.25, 0.3) is 0 Å². The monoisotopic (exact) mass is 310 g/mol. The van der Waals surface area contributed by atoms with Gasteiger partial charge in [0.1, 0.15) is 7.05 Å². The second-order valence-electron chi connectivity index (χ2n) is 4.34. The van der Waals surface area contributed by atoms with Crippen molar-refractivity contribution >= 4 is 57.2 Å². The first-order chi connectivity index (χ1) is 9.15. The Morgan fingerprint density at radius 2 is 1.20 bits per heavy atom. The van der Waals surface area contributed by atoms with Gasteiger partial charge in [-0.05, 0) is 30.3 Å². The zero-order valence-electron chi connectivity index (χ0n) is 11.4. The highest BCUT2D eigenvalue weighted by Gasteiger charge is 2.11. The van der Waals surface area contributed by atoms with E-state index in [-0.39, 0.29) is 12.4 Å². The van der Waals surface area contributed by atoms with Crippen LogP contribution in [0.2, 0.25) is 0 Å². The Balaban J connectivity index is 0.000000639. The van der Waals surface area contributed by atoms with Crippen molar-refractivity contribution in [2.24, 2.45) is 7.05 Å². The summed E-state index contributed by atoms with van der Waals surface area (Å²) in [5, 5.41) is 2.36. The lowest BCUT2D eigenvalue weighted by molar-refractivity contribution is -0.617. The van der Waals surface area contributed by atoms with E-state index in [0.29, 0.717) is 0 Å². The van der Waals surface area contributed by atoms with Crippen molar-refractivity contribution < 1.29 is 4.57 Å². The number of anilines is 2. The number of hydrogen-bond acceptors (Lipinski definition) is 2. The Hall–Kier alpha value is -1.71. The molecule has 1 aromatic heterocycles. The van der Waals surface area contributed by atoms with Crippen LogP contribution in [0.3, 0.4) is 0 Å². The van der Waals surface area contributed by atoms with Crippen molar-refractivity contribution in [2.45, 2.75) is 0 Å². The van der Waals surface area contributed by atoms with Crippen LogP contribution in [0.25, 0.3) is 21.8 Å². The molecular formula is C15H18Cl2N3+. The number of nitrogens with zero attached hydrogens (tertiary/aromatic N) is 1. The highest BCUT2D eigenvalue weighted by molar-refractivity contribution is 6.15. The lowest BCUT2D eigenvalue weighted by Crippen LogP contribution is -2.30. The molecule has 106 valence electrons.